The van der Waals surface area contributed by atoms with Gasteiger partial charge >= 0.3 is 0 Å². The van der Waals surface area contributed by atoms with E-state index in [4.69, 9.17) is 0 Å². The molecule has 2 aliphatic carbocycles. The van der Waals surface area contributed by atoms with Crippen molar-refractivity contribution in [2.24, 2.45) is 0 Å². The van der Waals surface area contributed by atoms with Gasteiger partial charge < -0.3 is 0 Å². The lowest BCUT2D eigenvalue weighted by Gasteiger charge is -2.04. The van der Waals surface area contributed by atoms with Gasteiger partial charge in [-0.2, -0.15) is 0 Å². The third-order valence-corrected chi connectivity index (χ3v) is 3.82. The van der Waals surface area contributed by atoms with Crippen LogP contribution in [0.5, 0.6) is 0 Å². The quantitative estimate of drug-likeness (QED) is 0.417. The number of rotatable bonds is 4. The van der Waals surface area contributed by atoms with Crippen LogP contribution in [-0.2, 0) is 4.79 Å². The maximum absolute atomic E-state index is 10.5. The third-order valence-electron chi connectivity index (χ3n) is 3.82. The SMILES string of the molecule is CC(/C=C/c1ccc2c(C)ccc(C(C)C)cc1-2)=C\C=O. The number of hydrogen-bond acceptors (Lipinski definition) is 1. The summed E-state index contributed by atoms with van der Waals surface area (Å²) in [6.07, 6.45) is 6.47. The molecule has 0 spiro atoms. The maximum atomic E-state index is 10.5. The van der Waals surface area contributed by atoms with Gasteiger partial charge in [0.15, 0.2) is 0 Å². The van der Waals surface area contributed by atoms with Crippen LogP contribution in [0, 0.1) is 6.92 Å². The Kier molecular flexibility index (Phi) is 4.74. The number of carbonyl (C=O) groups is 1. The van der Waals surface area contributed by atoms with E-state index in [0.717, 1.165) is 11.9 Å². The molecule has 0 saturated carbocycles. The summed E-state index contributed by atoms with van der Waals surface area (Å²) in [6.45, 7) is 8.51. The minimum Gasteiger partial charge on any atom is -0.299 e. The summed E-state index contributed by atoms with van der Waals surface area (Å²) in [5, 5.41) is 0. The molecule has 0 fully saturated rings. The highest BCUT2D eigenvalue weighted by molar-refractivity contribution is 5.81. The molecule has 21 heavy (non-hydrogen) atoms. The van der Waals surface area contributed by atoms with E-state index in [9.17, 15) is 4.79 Å². The fraction of sp³-hybridized carbons (Fsp3) is 0.250. The maximum Gasteiger partial charge on any atom is 0.143 e. The zero-order valence-corrected chi connectivity index (χ0v) is 13.2. The van der Waals surface area contributed by atoms with Crippen molar-refractivity contribution in [1.82, 2.24) is 0 Å². The Morgan fingerprint density at radius 3 is 2.52 bits per heavy atom. The number of carbonyl (C=O) groups excluding carboxylic acids is 1. The zero-order chi connectivity index (χ0) is 15.4. The molecule has 108 valence electrons. The molecule has 0 unspecified atom stereocenters. The molecule has 0 amide bonds. The van der Waals surface area contributed by atoms with E-state index >= 15 is 0 Å². The summed E-state index contributed by atoms with van der Waals surface area (Å²) in [5.74, 6) is 0.503. The fourth-order valence-corrected chi connectivity index (χ4v) is 2.43. The van der Waals surface area contributed by atoms with Crippen molar-refractivity contribution in [3.8, 4) is 11.1 Å². The zero-order valence-electron chi connectivity index (χ0n) is 13.2. The predicted molar refractivity (Wildman–Crippen MR) is 90.7 cm³/mol. The normalized spacial score (nSPS) is 12.5. The van der Waals surface area contributed by atoms with E-state index in [2.05, 4.69) is 57.2 Å². The van der Waals surface area contributed by atoms with Gasteiger partial charge in [-0.1, -0.05) is 56.3 Å². The topological polar surface area (TPSA) is 17.1 Å². The van der Waals surface area contributed by atoms with Crippen molar-refractivity contribution in [2.75, 3.05) is 0 Å². The molecule has 0 radical (unpaired) electrons. The second-order valence-corrected chi connectivity index (χ2v) is 5.81. The van der Waals surface area contributed by atoms with E-state index in [1.165, 1.54) is 27.8 Å². The van der Waals surface area contributed by atoms with Gasteiger partial charge in [-0.15, -0.1) is 0 Å². The molecule has 0 bridgehead atoms. The van der Waals surface area contributed by atoms with Gasteiger partial charge in [0.05, 0.1) is 0 Å². The Morgan fingerprint density at radius 1 is 1.10 bits per heavy atom. The van der Waals surface area contributed by atoms with Crippen molar-refractivity contribution in [3.05, 3.63) is 64.7 Å². The summed E-state index contributed by atoms with van der Waals surface area (Å²) in [7, 11) is 0. The Hall–Kier alpha value is -2.15. The van der Waals surface area contributed by atoms with Crippen LogP contribution in [0.4, 0.5) is 0 Å². The van der Waals surface area contributed by atoms with Crippen molar-refractivity contribution in [1.29, 1.82) is 0 Å². The summed E-state index contributed by atoms with van der Waals surface area (Å²) >= 11 is 0. The lowest BCUT2D eigenvalue weighted by molar-refractivity contribution is -0.104. The van der Waals surface area contributed by atoms with Gasteiger partial charge in [-0.3, -0.25) is 4.79 Å². The Morgan fingerprint density at radius 2 is 1.86 bits per heavy atom. The highest BCUT2D eigenvalue weighted by atomic mass is 16.1. The number of fused-ring (bicyclic) bond motifs is 1. The third kappa shape index (κ3) is 3.49. The summed E-state index contributed by atoms with van der Waals surface area (Å²) in [4.78, 5) is 10.5. The van der Waals surface area contributed by atoms with Crippen LogP contribution in [0.15, 0.2) is 48.1 Å². The molecule has 0 aromatic heterocycles. The summed E-state index contributed by atoms with van der Waals surface area (Å²) in [6, 6.07) is 11.0. The Labute approximate surface area is 127 Å². The van der Waals surface area contributed by atoms with Gasteiger partial charge in [-0.05, 0) is 59.2 Å². The first-order valence-corrected chi connectivity index (χ1v) is 7.36. The molecular weight excluding hydrogens is 256 g/mol. The minimum atomic E-state index is 0.503. The van der Waals surface area contributed by atoms with Crippen LogP contribution < -0.4 is 0 Å². The Bertz CT molecular complexity index is 675. The molecule has 0 N–H and O–H groups in total. The van der Waals surface area contributed by atoms with Crippen LogP contribution in [0.2, 0.25) is 0 Å². The van der Waals surface area contributed by atoms with Crippen LogP contribution in [0.1, 0.15) is 43.4 Å². The molecule has 1 nitrogen and oxygen atoms in total. The molecule has 2 aliphatic rings. The summed E-state index contributed by atoms with van der Waals surface area (Å²) in [5.41, 5.74) is 7.35. The average molecular weight is 278 g/mol. The predicted octanol–water partition coefficient (Wildman–Crippen LogP) is 5.38. The lowest BCUT2D eigenvalue weighted by Crippen LogP contribution is -1.84. The van der Waals surface area contributed by atoms with E-state index in [0.29, 0.717) is 5.92 Å². The molecule has 2 rings (SSSR count). The molecule has 0 aliphatic heterocycles. The van der Waals surface area contributed by atoms with E-state index < -0.39 is 0 Å². The molecular formula is C20H22O. The highest BCUT2D eigenvalue weighted by Crippen LogP contribution is 2.33. The molecule has 1 heteroatoms. The van der Waals surface area contributed by atoms with Gasteiger partial charge in [0, 0.05) is 0 Å². The number of aldehydes is 1. The van der Waals surface area contributed by atoms with Crippen LogP contribution in [0.3, 0.4) is 0 Å². The van der Waals surface area contributed by atoms with Crippen molar-refractivity contribution >= 4 is 12.4 Å². The van der Waals surface area contributed by atoms with E-state index in [-0.39, 0.29) is 0 Å². The molecule has 0 heterocycles. The molecule has 0 atom stereocenters. The monoisotopic (exact) mass is 278 g/mol. The second kappa shape index (κ2) is 6.53. The number of allylic oxidation sites excluding steroid dienone is 3. The van der Waals surface area contributed by atoms with Crippen LogP contribution in [-0.4, -0.2) is 6.29 Å². The average Bonchev–Trinajstić information content (AvgIpc) is 2.75. The van der Waals surface area contributed by atoms with Crippen molar-refractivity contribution in [3.63, 3.8) is 0 Å². The van der Waals surface area contributed by atoms with E-state index in [1.807, 2.05) is 13.0 Å². The first-order chi connectivity index (χ1) is 10.0. The smallest absolute Gasteiger partial charge is 0.143 e. The highest BCUT2D eigenvalue weighted by Gasteiger charge is 2.10. The fourth-order valence-electron chi connectivity index (χ4n) is 2.43. The first-order valence-electron chi connectivity index (χ1n) is 7.36. The minimum absolute atomic E-state index is 0.503. The van der Waals surface area contributed by atoms with Crippen LogP contribution in [0.25, 0.3) is 17.2 Å². The van der Waals surface area contributed by atoms with Gasteiger partial charge in [0.25, 0.3) is 0 Å². The van der Waals surface area contributed by atoms with Gasteiger partial charge in [-0.25, -0.2) is 0 Å². The van der Waals surface area contributed by atoms with Crippen molar-refractivity contribution < 1.29 is 4.79 Å². The largest absolute Gasteiger partial charge is 0.299 e. The van der Waals surface area contributed by atoms with Gasteiger partial charge in [0.2, 0.25) is 0 Å². The van der Waals surface area contributed by atoms with Crippen molar-refractivity contribution in [2.45, 2.75) is 33.6 Å². The second-order valence-electron chi connectivity index (χ2n) is 5.81. The molecule has 0 aromatic rings. The molecule has 0 saturated heterocycles. The summed E-state index contributed by atoms with van der Waals surface area (Å²) < 4.78 is 0. The lowest BCUT2D eigenvalue weighted by atomic mass is 10.0. The standard InChI is InChI=1S/C20H22O/c1-14(2)18-8-6-16(4)19-10-9-17(20(19)13-18)7-5-15(3)11-12-21/h5-14H,1-4H3/b7-5+,15-11+. The van der Waals surface area contributed by atoms with Crippen LogP contribution >= 0.6 is 0 Å². The molecule has 0 aromatic carbocycles. The first kappa shape index (κ1) is 15.2. The van der Waals surface area contributed by atoms with Gasteiger partial charge in [0.1, 0.15) is 6.29 Å². The number of aryl methyl sites for hydroxylation is 1. The number of hydrogen-bond donors (Lipinski definition) is 0. The Balaban J connectivity index is 2.51. The van der Waals surface area contributed by atoms with E-state index in [1.54, 1.807) is 6.08 Å².